The molecule has 2 aliphatic rings. The molecule has 0 saturated carbocycles. The molecular weight excluding hydrogens is 238 g/mol. The molecule has 17 heavy (non-hydrogen) atoms. The van der Waals surface area contributed by atoms with E-state index in [0.717, 1.165) is 32.2 Å². The van der Waals surface area contributed by atoms with Crippen LogP contribution in [0.4, 0.5) is 0 Å². The lowest BCUT2D eigenvalue weighted by atomic mass is 10.2. The van der Waals surface area contributed by atoms with Gasteiger partial charge in [-0.2, -0.15) is 12.7 Å². The van der Waals surface area contributed by atoms with Crippen molar-refractivity contribution in [2.75, 3.05) is 26.2 Å². The predicted octanol–water partition coefficient (Wildman–Crippen LogP) is 0.449. The molecule has 2 rings (SSSR count). The van der Waals surface area contributed by atoms with Crippen LogP contribution in [0.3, 0.4) is 0 Å². The van der Waals surface area contributed by atoms with E-state index in [1.807, 2.05) is 0 Å². The van der Waals surface area contributed by atoms with E-state index in [9.17, 15) is 8.42 Å². The molecule has 100 valence electrons. The molecule has 6 heteroatoms. The van der Waals surface area contributed by atoms with Gasteiger partial charge < -0.3 is 5.32 Å². The van der Waals surface area contributed by atoms with Gasteiger partial charge in [-0.3, -0.25) is 0 Å². The zero-order valence-corrected chi connectivity index (χ0v) is 11.1. The van der Waals surface area contributed by atoms with E-state index in [4.69, 9.17) is 0 Å². The van der Waals surface area contributed by atoms with Crippen molar-refractivity contribution in [1.82, 2.24) is 14.3 Å². The van der Waals surface area contributed by atoms with Gasteiger partial charge in [0.05, 0.1) is 0 Å². The second-order valence-electron chi connectivity index (χ2n) is 4.94. The van der Waals surface area contributed by atoms with Gasteiger partial charge in [-0.25, -0.2) is 4.72 Å². The standard InChI is InChI=1S/C11H23N3O2S/c15-17(16,14-9-2-1-3-10-14)13-8-6-11-5-4-7-12-11/h11-13H,1-10H2/t11-/m0/s1. The van der Waals surface area contributed by atoms with Crippen LogP contribution in [0.1, 0.15) is 38.5 Å². The van der Waals surface area contributed by atoms with Gasteiger partial charge in [0.25, 0.3) is 10.2 Å². The first-order valence-corrected chi connectivity index (χ1v) is 8.10. The van der Waals surface area contributed by atoms with Crippen molar-refractivity contribution in [1.29, 1.82) is 0 Å². The fourth-order valence-electron chi connectivity index (χ4n) is 2.56. The summed E-state index contributed by atoms with van der Waals surface area (Å²) in [6, 6.07) is 0.499. The molecule has 0 aromatic heterocycles. The summed E-state index contributed by atoms with van der Waals surface area (Å²) in [5.74, 6) is 0. The SMILES string of the molecule is O=S(=O)(NCC[C@@H]1CCCN1)N1CCCCC1. The highest BCUT2D eigenvalue weighted by atomic mass is 32.2. The first-order valence-electron chi connectivity index (χ1n) is 6.66. The monoisotopic (exact) mass is 261 g/mol. The molecule has 2 N–H and O–H groups in total. The highest BCUT2D eigenvalue weighted by Crippen LogP contribution is 2.12. The molecule has 2 saturated heterocycles. The van der Waals surface area contributed by atoms with Gasteiger partial charge in [0.1, 0.15) is 0 Å². The highest BCUT2D eigenvalue weighted by Gasteiger charge is 2.23. The van der Waals surface area contributed by atoms with Crippen LogP contribution in [0.15, 0.2) is 0 Å². The quantitative estimate of drug-likeness (QED) is 0.755. The molecule has 0 amide bonds. The number of hydrogen-bond acceptors (Lipinski definition) is 3. The Labute approximate surface area is 104 Å². The summed E-state index contributed by atoms with van der Waals surface area (Å²) in [6.45, 7) is 2.98. The van der Waals surface area contributed by atoms with Crippen LogP contribution in [-0.4, -0.2) is 44.9 Å². The van der Waals surface area contributed by atoms with Crippen molar-refractivity contribution in [3.05, 3.63) is 0 Å². The Morgan fingerprint density at radius 1 is 1.18 bits per heavy atom. The van der Waals surface area contributed by atoms with Gasteiger partial charge in [-0.05, 0) is 38.6 Å². The Bertz CT molecular complexity index is 320. The Hall–Kier alpha value is -0.170. The van der Waals surface area contributed by atoms with Crippen LogP contribution in [0.2, 0.25) is 0 Å². The van der Waals surface area contributed by atoms with Crippen LogP contribution in [0.25, 0.3) is 0 Å². The number of rotatable bonds is 5. The van der Waals surface area contributed by atoms with Gasteiger partial charge >= 0.3 is 0 Å². The van der Waals surface area contributed by atoms with Crippen molar-refractivity contribution in [3.63, 3.8) is 0 Å². The minimum Gasteiger partial charge on any atom is -0.314 e. The summed E-state index contributed by atoms with van der Waals surface area (Å²) in [5, 5.41) is 3.37. The third-order valence-electron chi connectivity index (χ3n) is 3.59. The minimum atomic E-state index is -3.22. The number of nitrogens with zero attached hydrogens (tertiary/aromatic N) is 1. The summed E-state index contributed by atoms with van der Waals surface area (Å²) >= 11 is 0. The maximum absolute atomic E-state index is 12.0. The molecular formula is C11H23N3O2S. The Morgan fingerprint density at radius 3 is 2.59 bits per heavy atom. The molecule has 0 aliphatic carbocycles. The molecule has 0 aromatic rings. The van der Waals surface area contributed by atoms with Gasteiger partial charge in [-0.1, -0.05) is 6.42 Å². The minimum absolute atomic E-state index is 0.499. The van der Waals surface area contributed by atoms with Crippen molar-refractivity contribution in [2.24, 2.45) is 0 Å². The summed E-state index contributed by atoms with van der Waals surface area (Å²) in [4.78, 5) is 0. The number of hydrogen-bond donors (Lipinski definition) is 2. The summed E-state index contributed by atoms with van der Waals surface area (Å²) in [6.07, 6.45) is 6.41. The fourth-order valence-corrected chi connectivity index (χ4v) is 3.86. The third kappa shape index (κ3) is 3.91. The van der Waals surface area contributed by atoms with Crippen molar-refractivity contribution < 1.29 is 8.42 Å². The van der Waals surface area contributed by atoms with Crippen LogP contribution in [-0.2, 0) is 10.2 Å². The van der Waals surface area contributed by atoms with E-state index in [1.54, 1.807) is 4.31 Å². The lowest BCUT2D eigenvalue weighted by molar-refractivity contribution is 0.341. The van der Waals surface area contributed by atoms with Gasteiger partial charge in [-0.15, -0.1) is 0 Å². The Morgan fingerprint density at radius 2 is 1.94 bits per heavy atom. The van der Waals surface area contributed by atoms with Gasteiger partial charge in [0.15, 0.2) is 0 Å². The summed E-state index contributed by atoms with van der Waals surface area (Å²) < 4.78 is 28.2. The molecule has 2 fully saturated rings. The Balaban J connectivity index is 1.72. The first-order chi connectivity index (χ1) is 8.18. The topological polar surface area (TPSA) is 61.4 Å². The van der Waals surface area contributed by atoms with E-state index in [1.165, 1.54) is 12.8 Å². The Kier molecular flexibility index (Phi) is 4.78. The van der Waals surface area contributed by atoms with Crippen LogP contribution in [0.5, 0.6) is 0 Å². The van der Waals surface area contributed by atoms with E-state index >= 15 is 0 Å². The van der Waals surface area contributed by atoms with Crippen LogP contribution < -0.4 is 10.0 Å². The lowest BCUT2D eigenvalue weighted by Crippen LogP contribution is -2.44. The van der Waals surface area contributed by atoms with E-state index in [2.05, 4.69) is 10.0 Å². The second-order valence-corrected chi connectivity index (χ2v) is 6.70. The molecule has 5 nitrogen and oxygen atoms in total. The molecule has 0 bridgehead atoms. The van der Waals surface area contributed by atoms with E-state index in [0.29, 0.717) is 25.7 Å². The molecule has 2 aliphatic heterocycles. The fraction of sp³-hybridized carbons (Fsp3) is 1.00. The largest absolute Gasteiger partial charge is 0.314 e. The zero-order valence-electron chi connectivity index (χ0n) is 10.3. The maximum Gasteiger partial charge on any atom is 0.279 e. The van der Waals surface area contributed by atoms with E-state index in [-0.39, 0.29) is 0 Å². The molecule has 0 spiro atoms. The van der Waals surface area contributed by atoms with Crippen molar-refractivity contribution >= 4 is 10.2 Å². The number of piperidine rings is 1. The molecule has 1 atom stereocenters. The zero-order chi connectivity index (χ0) is 12.1. The molecule has 0 aromatic carbocycles. The number of nitrogens with one attached hydrogen (secondary N) is 2. The average molecular weight is 261 g/mol. The van der Waals surface area contributed by atoms with Crippen LogP contribution >= 0.6 is 0 Å². The molecule has 2 heterocycles. The molecule has 0 radical (unpaired) electrons. The van der Waals surface area contributed by atoms with Crippen LogP contribution in [0, 0.1) is 0 Å². The van der Waals surface area contributed by atoms with Crippen molar-refractivity contribution in [2.45, 2.75) is 44.6 Å². The second kappa shape index (κ2) is 6.13. The van der Waals surface area contributed by atoms with E-state index < -0.39 is 10.2 Å². The first kappa shape index (κ1) is 13.3. The predicted molar refractivity (Wildman–Crippen MR) is 68.0 cm³/mol. The van der Waals surface area contributed by atoms with Gasteiger partial charge in [0.2, 0.25) is 0 Å². The average Bonchev–Trinajstić information content (AvgIpc) is 2.83. The summed E-state index contributed by atoms with van der Waals surface area (Å²) in [7, 11) is -3.22. The normalized spacial score (nSPS) is 27.4. The smallest absolute Gasteiger partial charge is 0.279 e. The summed E-state index contributed by atoms with van der Waals surface area (Å²) in [5.41, 5.74) is 0. The lowest BCUT2D eigenvalue weighted by Gasteiger charge is -2.26. The molecule has 0 unspecified atom stereocenters. The highest BCUT2D eigenvalue weighted by molar-refractivity contribution is 7.87. The maximum atomic E-state index is 12.0. The van der Waals surface area contributed by atoms with Gasteiger partial charge in [0, 0.05) is 25.7 Å². The third-order valence-corrected chi connectivity index (χ3v) is 5.21. The van der Waals surface area contributed by atoms with Crippen molar-refractivity contribution in [3.8, 4) is 0 Å².